The van der Waals surface area contributed by atoms with Crippen molar-refractivity contribution in [1.82, 2.24) is 10.8 Å². The summed E-state index contributed by atoms with van der Waals surface area (Å²) >= 11 is 0. The van der Waals surface area contributed by atoms with Crippen LogP contribution in [0.3, 0.4) is 0 Å². The summed E-state index contributed by atoms with van der Waals surface area (Å²) in [6.07, 6.45) is 3.37. The van der Waals surface area contributed by atoms with Gasteiger partial charge in [0.15, 0.2) is 5.76 Å². The molecule has 0 spiro atoms. The monoisotopic (exact) mass is 468 g/mol. The number of amides is 2. The first kappa shape index (κ1) is 23.6. The molecule has 9 heteroatoms. The third-order valence-corrected chi connectivity index (χ3v) is 5.53. The summed E-state index contributed by atoms with van der Waals surface area (Å²) in [4.78, 5) is 23.8. The maximum Gasteiger partial charge on any atom is 0.287 e. The van der Waals surface area contributed by atoms with E-state index in [9.17, 15) is 9.59 Å². The fourth-order valence-corrected chi connectivity index (χ4v) is 3.67. The third kappa shape index (κ3) is 6.27. The minimum Gasteiger partial charge on any atom is -0.494 e. The van der Waals surface area contributed by atoms with Gasteiger partial charge in [0.1, 0.15) is 23.2 Å². The van der Waals surface area contributed by atoms with Gasteiger partial charge >= 0.3 is 0 Å². The molecule has 0 saturated carbocycles. The first-order chi connectivity index (χ1) is 16.6. The molecule has 0 aliphatic carbocycles. The molecule has 0 radical (unpaired) electrons. The first-order valence-electron chi connectivity index (χ1n) is 11.4. The van der Waals surface area contributed by atoms with Gasteiger partial charge < -0.3 is 23.9 Å². The minimum absolute atomic E-state index is 0.150. The lowest BCUT2D eigenvalue weighted by atomic mass is 10.1. The molecule has 1 saturated heterocycles. The number of hydrogen-bond acceptors (Lipinski definition) is 7. The SMILES string of the molecule is O=C(NO)c1ccc(OCCCCNC(=O)c2cc3cc(OC4CCOCC4)ccc3o2)cc1. The van der Waals surface area contributed by atoms with Crippen LogP contribution in [-0.4, -0.2) is 49.5 Å². The lowest BCUT2D eigenvalue weighted by molar-refractivity contribution is 0.0256. The summed E-state index contributed by atoms with van der Waals surface area (Å²) in [5.74, 6) is 0.818. The van der Waals surface area contributed by atoms with E-state index in [1.54, 1.807) is 35.8 Å². The molecule has 0 atom stereocenters. The average Bonchev–Trinajstić information content (AvgIpc) is 3.30. The van der Waals surface area contributed by atoms with Crippen LogP contribution >= 0.6 is 0 Å². The maximum atomic E-state index is 12.5. The highest BCUT2D eigenvalue weighted by atomic mass is 16.5. The Labute approximate surface area is 196 Å². The summed E-state index contributed by atoms with van der Waals surface area (Å²) in [6.45, 7) is 2.40. The van der Waals surface area contributed by atoms with Gasteiger partial charge in [-0.1, -0.05) is 0 Å². The van der Waals surface area contributed by atoms with Gasteiger partial charge in [-0.05, 0) is 61.4 Å². The van der Waals surface area contributed by atoms with Gasteiger partial charge in [0.2, 0.25) is 0 Å². The van der Waals surface area contributed by atoms with Crippen molar-refractivity contribution in [2.45, 2.75) is 31.8 Å². The van der Waals surface area contributed by atoms with E-state index >= 15 is 0 Å². The fraction of sp³-hybridized carbons (Fsp3) is 0.360. The van der Waals surface area contributed by atoms with Gasteiger partial charge in [0.25, 0.3) is 11.8 Å². The molecule has 1 aliphatic rings. The van der Waals surface area contributed by atoms with Crippen LogP contribution in [0.2, 0.25) is 0 Å². The zero-order valence-electron chi connectivity index (χ0n) is 18.7. The van der Waals surface area contributed by atoms with E-state index in [0.29, 0.717) is 43.3 Å². The van der Waals surface area contributed by atoms with Crippen LogP contribution in [0.25, 0.3) is 11.0 Å². The molecule has 4 rings (SSSR count). The number of nitrogens with one attached hydrogen (secondary N) is 2. The van der Waals surface area contributed by atoms with Crippen molar-refractivity contribution < 1.29 is 33.4 Å². The van der Waals surface area contributed by atoms with E-state index in [1.807, 2.05) is 18.2 Å². The van der Waals surface area contributed by atoms with Crippen LogP contribution in [0.4, 0.5) is 0 Å². The number of furan rings is 1. The number of unbranched alkanes of at least 4 members (excludes halogenated alkanes) is 1. The maximum absolute atomic E-state index is 12.5. The van der Waals surface area contributed by atoms with E-state index in [2.05, 4.69) is 5.32 Å². The molecular weight excluding hydrogens is 440 g/mol. The summed E-state index contributed by atoms with van der Waals surface area (Å²) in [5.41, 5.74) is 2.56. The molecule has 1 aromatic heterocycles. The van der Waals surface area contributed by atoms with Crippen molar-refractivity contribution in [2.24, 2.45) is 0 Å². The Bertz CT molecular complexity index is 1100. The second-order valence-electron chi connectivity index (χ2n) is 8.02. The van der Waals surface area contributed by atoms with Crippen LogP contribution in [0.5, 0.6) is 11.5 Å². The number of benzene rings is 2. The van der Waals surface area contributed by atoms with Crippen LogP contribution in [-0.2, 0) is 4.74 Å². The lowest BCUT2D eigenvalue weighted by Gasteiger charge is -2.23. The predicted molar refractivity (Wildman–Crippen MR) is 123 cm³/mol. The Morgan fingerprint density at radius 3 is 2.50 bits per heavy atom. The van der Waals surface area contributed by atoms with Gasteiger partial charge in [-0.15, -0.1) is 0 Å². The first-order valence-corrected chi connectivity index (χ1v) is 11.4. The smallest absolute Gasteiger partial charge is 0.287 e. The van der Waals surface area contributed by atoms with Crippen molar-refractivity contribution >= 4 is 22.8 Å². The predicted octanol–water partition coefficient (Wildman–Crippen LogP) is 3.70. The molecule has 34 heavy (non-hydrogen) atoms. The van der Waals surface area contributed by atoms with Crippen molar-refractivity contribution in [2.75, 3.05) is 26.4 Å². The lowest BCUT2D eigenvalue weighted by Crippen LogP contribution is -2.25. The highest BCUT2D eigenvalue weighted by molar-refractivity contribution is 5.96. The van der Waals surface area contributed by atoms with Crippen molar-refractivity contribution in [3.05, 3.63) is 59.9 Å². The standard InChI is InChI=1S/C25H28N2O7/c28-24(27-30)17-3-5-19(6-4-17)32-12-2-1-11-26-25(29)23-16-18-15-21(7-8-22(18)34-23)33-20-9-13-31-14-10-20/h3-8,15-16,20,30H,1-2,9-14H2,(H,26,29)(H,27,28). The Hall–Kier alpha value is -3.56. The number of hydrogen-bond donors (Lipinski definition) is 3. The molecule has 9 nitrogen and oxygen atoms in total. The minimum atomic E-state index is -0.574. The van der Waals surface area contributed by atoms with Crippen molar-refractivity contribution in [3.8, 4) is 11.5 Å². The zero-order valence-corrected chi connectivity index (χ0v) is 18.7. The average molecular weight is 469 g/mol. The molecule has 0 unspecified atom stereocenters. The van der Waals surface area contributed by atoms with E-state index in [4.69, 9.17) is 23.8 Å². The van der Waals surface area contributed by atoms with Gasteiger partial charge in [-0.2, -0.15) is 0 Å². The second-order valence-corrected chi connectivity index (χ2v) is 8.02. The Kier molecular flexibility index (Phi) is 8.00. The topological polar surface area (TPSA) is 119 Å². The molecule has 2 heterocycles. The molecule has 2 amide bonds. The van der Waals surface area contributed by atoms with Crippen molar-refractivity contribution in [3.63, 3.8) is 0 Å². The van der Waals surface area contributed by atoms with E-state index in [1.165, 1.54) is 0 Å². The Morgan fingerprint density at radius 2 is 1.74 bits per heavy atom. The van der Waals surface area contributed by atoms with Gasteiger partial charge in [-0.3, -0.25) is 14.8 Å². The quantitative estimate of drug-likeness (QED) is 0.236. The largest absolute Gasteiger partial charge is 0.494 e. The molecule has 3 N–H and O–H groups in total. The molecular formula is C25H28N2O7. The third-order valence-electron chi connectivity index (χ3n) is 5.53. The number of hydroxylamine groups is 1. The van der Waals surface area contributed by atoms with E-state index in [-0.39, 0.29) is 17.8 Å². The number of ether oxygens (including phenoxy) is 3. The van der Waals surface area contributed by atoms with E-state index in [0.717, 1.165) is 36.8 Å². The van der Waals surface area contributed by atoms with Crippen molar-refractivity contribution in [1.29, 1.82) is 0 Å². The summed E-state index contributed by atoms with van der Waals surface area (Å²) < 4.78 is 22.7. The second kappa shape index (κ2) is 11.5. The Morgan fingerprint density at radius 1 is 0.971 bits per heavy atom. The van der Waals surface area contributed by atoms with Gasteiger partial charge in [-0.25, -0.2) is 5.48 Å². The molecule has 0 bridgehead atoms. The van der Waals surface area contributed by atoms with Gasteiger partial charge in [0, 0.05) is 30.3 Å². The Balaban J connectivity index is 1.18. The summed E-state index contributed by atoms with van der Waals surface area (Å²) in [7, 11) is 0. The molecule has 3 aromatic rings. The summed E-state index contributed by atoms with van der Waals surface area (Å²) in [6, 6.07) is 13.8. The van der Waals surface area contributed by atoms with Crippen LogP contribution in [0, 0.1) is 0 Å². The normalized spacial score (nSPS) is 14.0. The van der Waals surface area contributed by atoms with E-state index < -0.39 is 5.91 Å². The van der Waals surface area contributed by atoms with Crippen LogP contribution in [0.1, 0.15) is 46.6 Å². The number of fused-ring (bicyclic) bond motifs is 1. The summed E-state index contributed by atoms with van der Waals surface area (Å²) in [5, 5.41) is 12.3. The van der Waals surface area contributed by atoms with Crippen LogP contribution < -0.4 is 20.3 Å². The number of carbonyl (C=O) groups is 2. The number of rotatable bonds is 10. The van der Waals surface area contributed by atoms with Crippen LogP contribution in [0.15, 0.2) is 52.9 Å². The zero-order chi connectivity index (χ0) is 23.8. The molecule has 1 aliphatic heterocycles. The molecule has 1 fully saturated rings. The molecule has 2 aromatic carbocycles. The highest BCUT2D eigenvalue weighted by Gasteiger charge is 2.17. The molecule has 180 valence electrons. The fourth-order valence-electron chi connectivity index (χ4n) is 3.67. The van der Waals surface area contributed by atoms with Gasteiger partial charge in [0.05, 0.1) is 19.8 Å². The number of carbonyl (C=O) groups excluding carboxylic acids is 2. The highest BCUT2D eigenvalue weighted by Crippen LogP contribution is 2.26.